The second-order valence-corrected chi connectivity index (χ2v) is 7.16. The number of alkyl halides is 3. The zero-order valence-corrected chi connectivity index (χ0v) is 15.9. The van der Waals surface area contributed by atoms with E-state index in [4.69, 9.17) is 0 Å². The Kier molecular flexibility index (Phi) is 5.01. The molecule has 0 saturated heterocycles. The van der Waals surface area contributed by atoms with Crippen LogP contribution in [0.1, 0.15) is 45.5 Å². The summed E-state index contributed by atoms with van der Waals surface area (Å²) in [4.78, 5) is 20.8. The first kappa shape index (κ1) is 20.0. The van der Waals surface area contributed by atoms with Crippen LogP contribution in [-0.2, 0) is 12.6 Å². The molecule has 2 aromatic heterocycles. The number of pyridine rings is 2. The third-order valence-corrected chi connectivity index (χ3v) is 5.24. The van der Waals surface area contributed by atoms with E-state index in [1.807, 2.05) is 0 Å². The van der Waals surface area contributed by atoms with Crippen LogP contribution < -0.4 is 5.32 Å². The van der Waals surface area contributed by atoms with Crippen molar-refractivity contribution in [2.75, 3.05) is 6.54 Å². The van der Waals surface area contributed by atoms with Gasteiger partial charge in [0.2, 0.25) is 0 Å². The largest absolute Gasteiger partial charge is 0.416 e. The van der Waals surface area contributed by atoms with Crippen molar-refractivity contribution < 1.29 is 22.4 Å². The van der Waals surface area contributed by atoms with Crippen LogP contribution in [0.5, 0.6) is 0 Å². The van der Waals surface area contributed by atoms with Crippen LogP contribution in [0.3, 0.4) is 0 Å². The quantitative estimate of drug-likeness (QED) is 0.629. The topological polar surface area (TPSA) is 54.9 Å². The summed E-state index contributed by atoms with van der Waals surface area (Å²) >= 11 is 0. The number of nitrogens with one attached hydrogen (secondary N) is 1. The standard InChI is InChI=1S/C22H17F4N3O/c1-12(14-8-15(22(24,25)26)11-16(23)9-14)13-2-5-27-19(10-13)20-17-3-7-29-21(30)18(17)4-6-28-20/h2,4-6,8-12H,3,7H2,1H3,(H,29,30)/t12-/m1/s1. The molecule has 0 spiro atoms. The minimum Gasteiger partial charge on any atom is -0.352 e. The first-order valence-corrected chi connectivity index (χ1v) is 9.34. The number of aromatic nitrogens is 2. The number of nitrogens with zero attached hydrogens (tertiary/aromatic N) is 2. The summed E-state index contributed by atoms with van der Waals surface area (Å²) in [6.45, 7) is 2.19. The Labute approximate surface area is 170 Å². The fourth-order valence-corrected chi connectivity index (χ4v) is 3.64. The maximum atomic E-state index is 13.8. The summed E-state index contributed by atoms with van der Waals surface area (Å²) < 4.78 is 53.1. The van der Waals surface area contributed by atoms with E-state index in [0.29, 0.717) is 41.5 Å². The third-order valence-electron chi connectivity index (χ3n) is 5.24. The van der Waals surface area contributed by atoms with Crippen molar-refractivity contribution in [1.82, 2.24) is 15.3 Å². The number of carbonyl (C=O) groups is 1. The summed E-state index contributed by atoms with van der Waals surface area (Å²) in [5, 5.41) is 2.78. The lowest BCUT2D eigenvalue weighted by Gasteiger charge is -2.19. The third kappa shape index (κ3) is 3.77. The molecular formula is C22H17F4N3O. The average molecular weight is 415 g/mol. The van der Waals surface area contributed by atoms with Gasteiger partial charge in [-0.2, -0.15) is 13.2 Å². The highest BCUT2D eigenvalue weighted by atomic mass is 19.4. The Morgan fingerprint density at radius 2 is 1.80 bits per heavy atom. The van der Waals surface area contributed by atoms with Crippen molar-refractivity contribution in [3.05, 3.63) is 82.4 Å². The van der Waals surface area contributed by atoms with E-state index in [1.54, 1.807) is 25.1 Å². The van der Waals surface area contributed by atoms with Crippen molar-refractivity contribution in [2.24, 2.45) is 0 Å². The normalized spacial score (nSPS) is 14.8. The minimum absolute atomic E-state index is 0.177. The summed E-state index contributed by atoms with van der Waals surface area (Å²) in [6.07, 6.45) is -0.966. The second-order valence-electron chi connectivity index (χ2n) is 7.16. The molecule has 1 aliphatic heterocycles. The summed E-state index contributed by atoms with van der Waals surface area (Å²) in [7, 11) is 0. The Hall–Kier alpha value is -3.29. The number of carbonyl (C=O) groups excluding carboxylic acids is 1. The minimum atomic E-state index is -4.63. The van der Waals surface area contributed by atoms with Crippen molar-refractivity contribution >= 4 is 5.91 Å². The first-order valence-electron chi connectivity index (χ1n) is 9.34. The van der Waals surface area contributed by atoms with Gasteiger partial charge in [0, 0.05) is 30.4 Å². The van der Waals surface area contributed by atoms with Gasteiger partial charge in [-0.25, -0.2) is 4.39 Å². The Bertz CT molecular complexity index is 1130. The maximum Gasteiger partial charge on any atom is 0.416 e. The maximum absolute atomic E-state index is 13.8. The van der Waals surface area contributed by atoms with Gasteiger partial charge in [0.1, 0.15) is 5.82 Å². The fraction of sp³-hybridized carbons (Fsp3) is 0.227. The molecule has 0 saturated carbocycles. The number of fused-ring (bicyclic) bond motifs is 1. The van der Waals surface area contributed by atoms with Gasteiger partial charge in [-0.15, -0.1) is 0 Å². The lowest BCUT2D eigenvalue weighted by Crippen LogP contribution is -2.32. The van der Waals surface area contributed by atoms with Gasteiger partial charge >= 0.3 is 6.18 Å². The van der Waals surface area contributed by atoms with Crippen LogP contribution in [0.25, 0.3) is 11.4 Å². The molecule has 1 aromatic carbocycles. The van der Waals surface area contributed by atoms with Gasteiger partial charge in [-0.1, -0.05) is 6.92 Å². The van der Waals surface area contributed by atoms with Crippen LogP contribution in [0.4, 0.5) is 17.6 Å². The lowest BCUT2D eigenvalue weighted by atomic mass is 9.91. The number of benzene rings is 1. The zero-order valence-electron chi connectivity index (χ0n) is 15.9. The number of halogens is 4. The van der Waals surface area contributed by atoms with Crippen LogP contribution in [-0.4, -0.2) is 22.4 Å². The van der Waals surface area contributed by atoms with Gasteiger partial charge in [0.15, 0.2) is 0 Å². The molecule has 1 amide bonds. The molecule has 154 valence electrons. The Morgan fingerprint density at radius 3 is 2.57 bits per heavy atom. The van der Waals surface area contributed by atoms with E-state index in [0.717, 1.165) is 17.7 Å². The molecular weight excluding hydrogens is 398 g/mol. The smallest absolute Gasteiger partial charge is 0.352 e. The van der Waals surface area contributed by atoms with E-state index in [1.165, 1.54) is 12.4 Å². The number of rotatable bonds is 3. The molecule has 0 radical (unpaired) electrons. The van der Waals surface area contributed by atoms with Crippen molar-refractivity contribution in [2.45, 2.75) is 25.4 Å². The van der Waals surface area contributed by atoms with E-state index in [9.17, 15) is 22.4 Å². The number of hydrogen-bond acceptors (Lipinski definition) is 3. The molecule has 0 bridgehead atoms. The van der Waals surface area contributed by atoms with Crippen LogP contribution in [0.15, 0.2) is 48.8 Å². The van der Waals surface area contributed by atoms with E-state index in [-0.39, 0.29) is 11.5 Å². The lowest BCUT2D eigenvalue weighted by molar-refractivity contribution is -0.137. The van der Waals surface area contributed by atoms with Gasteiger partial charge < -0.3 is 5.32 Å². The molecule has 3 aromatic rings. The molecule has 1 atom stereocenters. The van der Waals surface area contributed by atoms with Crippen LogP contribution in [0.2, 0.25) is 0 Å². The Morgan fingerprint density at radius 1 is 1.03 bits per heavy atom. The summed E-state index contributed by atoms with van der Waals surface area (Å²) in [5.74, 6) is -1.62. The van der Waals surface area contributed by atoms with Crippen molar-refractivity contribution in [3.63, 3.8) is 0 Å². The number of amides is 1. The molecule has 8 heteroatoms. The highest BCUT2D eigenvalue weighted by molar-refractivity contribution is 5.98. The predicted octanol–water partition coefficient (Wildman–Crippen LogP) is 4.74. The highest BCUT2D eigenvalue weighted by Crippen LogP contribution is 2.34. The zero-order chi connectivity index (χ0) is 21.5. The molecule has 1 aliphatic rings. The monoisotopic (exact) mass is 415 g/mol. The van der Waals surface area contributed by atoms with Crippen LogP contribution in [0, 0.1) is 5.82 Å². The average Bonchev–Trinajstić information content (AvgIpc) is 2.72. The van der Waals surface area contributed by atoms with Gasteiger partial charge in [0.25, 0.3) is 5.91 Å². The molecule has 4 rings (SSSR count). The van der Waals surface area contributed by atoms with Gasteiger partial charge in [0.05, 0.1) is 17.0 Å². The SMILES string of the molecule is C[C@@H](c1cc(F)cc(C(F)(F)F)c1)c1ccnc(-c2nccc3c2CCNC3=O)c1. The molecule has 0 unspecified atom stereocenters. The molecule has 1 N–H and O–H groups in total. The van der Waals surface area contributed by atoms with E-state index < -0.39 is 23.5 Å². The molecule has 0 fully saturated rings. The van der Waals surface area contributed by atoms with Crippen molar-refractivity contribution in [1.29, 1.82) is 0 Å². The predicted molar refractivity (Wildman–Crippen MR) is 102 cm³/mol. The van der Waals surface area contributed by atoms with E-state index >= 15 is 0 Å². The van der Waals surface area contributed by atoms with Gasteiger partial charge in [-0.05, 0) is 59.5 Å². The Balaban J connectivity index is 1.74. The van der Waals surface area contributed by atoms with Crippen LogP contribution >= 0.6 is 0 Å². The molecule has 4 nitrogen and oxygen atoms in total. The van der Waals surface area contributed by atoms with Gasteiger partial charge in [-0.3, -0.25) is 14.8 Å². The first-order chi connectivity index (χ1) is 14.2. The molecule has 0 aliphatic carbocycles. The molecule has 3 heterocycles. The highest BCUT2D eigenvalue weighted by Gasteiger charge is 2.32. The second kappa shape index (κ2) is 7.51. The number of hydrogen-bond donors (Lipinski definition) is 1. The van der Waals surface area contributed by atoms with Crippen molar-refractivity contribution in [3.8, 4) is 11.4 Å². The molecule has 30 heavy (non-hydrogen) atoms. The fourth-order valence-electron chi connectivity index (χ4n) is 3.64. The van der Waals surface area contributed by atoms with E-state index in [2.05, 4.69) is 15.3 Å². The summed E-state index contributed by atoms with van der Waals surface area (Å²) in [5.41, 5.74) is 2.24. The summed E-state index contributed by atoms with van der Waals surface area (Å²) in [6, 6.07) is 7.59.